The molecule has 0 unspecified atom stereocenters. The number of fused-ring (bicyclic) bond motifs is 1. The quantitative estimate of drug-likeness (QED) is 0.648. The second-order valence-corrected chi connectivity index (χ2v) is 9.28. The van der Waals surface area contributed by atoms with Gasteiger partial charge in [0.05, 0.1) is 4.90 Å². The Hall–Kier alpha value is -2.90. The molecular weight excluding hydrogens is 400 g/mol. The summed E-state index contributed by atoms with van der Waals surface area (Å²) in [7, 11) is -3.55. The molecule has 1 heterocycles. The first-order valence-corrected chi connectivity index (χ1v) is 11.5. The fourth-order valence-electron chi connectivity index (χ4n) is 3.59. The van der Waals surface area contributed by atoms with Gasteiger partial charge in [-0.25, -0.2) is 8.42 Å². The van der Waals surface area contributed by atoms with Crippen molar-refractivity contribution in [3.63, 3.8) is 0 Å². The zero-order chi connectivity index (χ0) is 21.0. The number of amides is 1. The zero-order valence-electron chi connectivity index (χ0n) is 16.6. The van der Waals surface area contributed by atoms with Crippen molar-refractivity contribution in [1.82, 2.24) is 4.31 Å². The number of carbonyl (C=O) groups excluding carboxylic acids is 1. The summed E-state index contributed by atoms with van der Waals surface area (Å²) in [6, 6.07) is 19.9. The molecule has 1 N–H and O–H groups in total. The summed E-state index contributed by atoms with van der Waals surface area (Å²) in [5, 5.41) is 4.85. The third kappa shape index (κ3) is 4.63. The van der Waals surface area contributed by atoms with Gasteiger partial charge in [0.1, 0.15) is 5.75 Å². The third-order valence-electron chi connectivity index (χ3n) is 5.16. The summed E-state index contributed by atoms with van der Waals surface area (Å²) in [6.45, 7) is 0.915. The van der Waals surface area contributed by atoms with E-state index in [1.807, 2.05) is 42.5 Å². The first-order chi connectivity index (χ1) is 14.5. The number of benzene rings is 3. The van der Waals surface area contributed by atoms with Crippen LogP contribution in [0.25, 0.3) is 10.8 Å². The molecule has 3 aromatic rings. The molecule has 1 saturated heterocycles. The lowest BCUT2D eigenvalue weighted by Crippen LogP contribution is -2.35. The minimum atomic E-state index is -3.55. The Morgan fingerprint density at radius 3 is 2.47 bits per heavy atom. The van der Waals surface area contributed by atoms with Gasteiger partial charge in [-0.1, -0.05) is 42.8 Å². The van der Waals surface area contributed by atoms with Gasteiger partial charge >= 0.3 is 0 Å². The number of nitrogens with one attached hydrogen (secondary N) is 1. The average molecular weight is 425 g/mol. The summed E-state index contributed by atoms with van der Waals surface area (Å²) in [6.07, 6.45) is 2.81. The van der Waals surface area contributed by atoms with Crippen LogP contribution < -0.4 is 10.1 Å². The summed E-state index contributed by atoms with van der Waals surface area (Å²) in [5.74, 6) is 0.251. The Kier molecular flexibility index (Phi) is 6.01. The van der Waals surface area contributed by atoms with Crippen LogP contribution in [0.2, 0.25) is 0 Å². The van der Waals surface area contributed by atoms with E-state index < -0.39 is 10.0 Å². The van der Waals surface area contributed by atoms with Crippen molar-refractivity contribution >= 4 is 32.4 Å². The van der Waals surface area contributed by atoms with Crippen LogP contribution in [-0.2, 0) is 14.8 Å². The number of anilines is 1. The molecule has 0 atom stereocenters. The van der Waals surface area contributed by atoms with Crippen LogP contribution in [0.1, 0.15) is 19.3 Å². The molecule has 0 aliphatic carbocycles. The molecule has 0 radical (unpaired) electrons. The van der Waals surface area contributed by atoms with E-state index in [0.29, 0.717) is 24.5 Å². The molecule has 0 aromatic heterocycles. The van der Waals surface area contributed by atoms with E-state index in [4.69, 9.17) is 4.74 Å². The van der Waals surface area contributed by atoms with E-state index in [1.54, 1.807) is 18.2 Å². The molecule has 1 aliphatic rings. The minimum absolute atomic E-state index is 0.165. The Bertz CT molecular complexity index is 1150. The van der Waals surface area contributed by atoms with E-state index in [1.165, 1.54) is 10.4 Å². The summed E-state index contributed by atoms with van der Waals surface area (Å²) in [4.78, 5) is 12.5. The summed E-state index contributed by atoms with van der Waals surface area (Å²) in [5.41, 5.74) is 0.431. The number of hydrogen-bond donors (Lipinski definition) is 1. The molecular formula is C23H24N2O4S. The highest BCUT2D eigenvalue weighted by molar-refractivity contribution is 7.89. The first kappa shape index (κ1) is 20.4. The SMILES string of the molecule is O=C(COc1ccc2ccccc2c1)Nc1cccc(S(=O)(=O)N2CCCCC2)c1. The van der Waals surface area contributed by atoms with Crippen molar-refractivity contribution in [2.24, 2.45) is 0 Å². The van der Waals surface area contributed by atoms with Crippen LogP contribution in [0.3, 0.4) is 0 Å². The number of carbonyl (C=O) groups is 1. The zero-order valence-corrected chi connectivity index (χ0v) is 17.4. The molecule has 0 spiro atoms. The lowest BCUT2D eigenvalue weighted by Gasteiger charge is -2.26. The number of rotatable bonds is 6. The second-order valence-electron chi connectivity index (χ2n) is 7.34. The van der Waals surface area contributed by atoms with Crippen LogP contribution >= 0.6 is 0 Å². The van der Waals surface area contributed by atoms with Crippen molar-refractivity contribution in [2.75, 3.05) is 25.0 Å². The van der Waals surface area contributed by atoms with Gasteiger partial charge < -0.3 is 10.1 Å². The van der Waals surface area contributed by atoms with Crippen molar-refractivity contribution < 1.29 is 17.9 Å². The maximum atomic E-state index is 12.8. The van der Waals surface area contributed by atoms with Crippen LogP contribution in [0, 0.1) is 0 Å². The average Bonchev–Trinajstić information content (AvgIpc) is 2.78. The lowest BCUT2D eigenvalue weighted by molar-refractivity contribution is -0.118. The van der Waals surface area contributed by atoms with Crippen LogP contribution in [0.15, 0.2) is 71.6 Å². The van der Waals surface area contributed by atoms with Crippen molar-refractivity contribution in [1.29, 1.82) is 0 Å². The number of nitrogens with zero attached hydrogens (tertiary/aromatic N) is 1. The highest BCUT2D eigenvalue weighted by Gasteiger charge is 2.26. The molecule has 3 aromatic carbocycles. The van der Waals surface area contributed by atoms with Gasteiger partial charge in [0.15, 0.2) is 6.61 Å². The van der Waals surface area contributed by atoms with Gasteiger partial charge in [0, 0.05) is 18.8 Å². The maximum absolute atomic E-state index is 12.8. The third-order valence-corrected chi connectivity index (χ3v) is 7.06. The molecule has 0 saturated carbocycles. The first-order valence-electron chi connectivity index (χ1n) is 10.0. The van der Waals surface area contributed by atoms with Crippen LogP contribution in [0.4, 0.5) is 5.69 Å². The van der Waals surface area contributed by atoms with E-state index in [0.717, 1.165) is 30.0 Å². The standard InChI is InChI=1S/C23H24N2O4S/c26-23(17-29-21-12-11-18-7-2-3-8-19(18)15-21)24-20-9-6-10-22(16-20)30(27,28)25-13-4-1-5-14-25/h2-3,6-12,15-16H,1,4-5,13-14,17H2,(H,24,26). The van der Waals surface area contributed by atoms with Crippen molar-refractivity contribution in [3.8, 4) is 5.75 Å². The Balaban J connectivity index is 1.40. The highest BCUT2D eigenvalue weighted by Crippen LogP contribution is 2.23. The molecule has 30 heavy (non-hydrogen) atoms. The van der Waals surface area contributed by atoms with Crippen molar-refractivity contribution in [2.45, 2.75) is 24.2 Å². The number of hydrogen-bond acceptors (Lipinski definition) is 4. The van der Waals surface area contributed by atoms with Gasteiger partial charge in [-0.3, -0.25) is 4.79 Å². The van der Waals surface area contributed by atoms with Gasteiger partial charge in [-0.05, 0) is 53.9 Å². The van der Waals surface area contributed by atoms with E-state index >= 15 is 0 Å². The normalized spacial score (nSPS) is 15.1. The monoisotopic (exact) mass is 424 g/mol. The van der Waals surface area contributed by atoms with Gasteiger partial charge in [-0.2, -0.15) is 4.31 Å². The molecule has 4 rings (SSSR count). The van der Waals surface area contributed by atoms with Gasteiger partial charge in [-0.15, -0.1) is 0 Å². The second kappa shape index (κ2) is 8.85. The maximum Gasteiger partial charge on any atom is 0.262 e. The highest BCUT2D eigenvalue weighted by atomic mass is 32.2. The molecule has 0 bridgehead atoms. The van der Waals surface area contributed by atoms with Gasteiger partial charge in [0.2, 0.25) is 10.0 Å². The van der Waals surface area contributed by atoms with Crippen LogP contribution in [0.5, 0.6) is 5.75 Å². The Morgan fingerprint density at radius 2 is 1.67 bits per heavy atom. The Labute approximate surface area is 176 Å². The predicted molar refractivity (Wildman–Crippen MR) is 117 cm³/mol. The van der Waals surface area contributed by atoms with Crippen LogP contribution in [-0.4, -0.2) is 38.3 Å². The van der Waals surface area contributed by atoms with E-state index in [2.05, 4.69) is 5.32 Å². The molecule has 1 amide bonds. The molecule has 7 heteroatoms. The summed E-state index contributed by atoms with van der Waals surface area (Å²) < 4.78 is 32.8. The summed E-state index contributed by atoms with van der Waals surface area (Å²) >= 11 is 0. The number of sulfonamides is 1. The fourth-order valence-corrected chi connectivity index (χ4v) is 5.16. The number of piperidine rings is 1. The Morgan fingerprint density at radius 1 is 0.900 bits per heavy atom. The molecule has 1 fully saturated rings. The fraction of sp³-hybridized carbons (Fsp3) is 0.261. The van der Waals surface area contributed by atoms with Crippen molar-refractivity contribution in [3.05, 3.63) is 66.7 Å². The molecule has 6 nitrogen and oxygen atoms in total. The predicted octanol–water partition coefficient (Wildman–Crippen LogP) is 4.03. The molecule has 1 aliphatic heterocycles. The largest absolute Gasteiger partial charge is 0.484 e. The lowest BCUT2D eigenvalue weighted by atomic mass is 10.1. The van der Waals surface area contributed by atoms with E-state index in [-0.39, 0.29) is 17.4 Å². The van der Waals surface area contributed by atoms with E-state index in [9.17, 15) is 13.2 Å². The topological polar surface area (TPSA) is 75.7 Å². The minimum Gasteiger partial charge on any atom is -0.484 e. The number of ether oxygens (including phenoxy) is 1. The molecule has 156 valence electrons. The smallest absolute Gasteiger partial charge is 0.262 e. The van der Waals surface area contributed by atoms with Gasteiger partial charge in [0.25, 0.3) is 5.91 Å².